The van der Waals surface area contributed by atoms with Gasteiger partial charge in [0.15, 0.2) is 0 Å². The fourth-order valence-electron chi connectivity index (χ4n) is 2.55. The van der Waals surface area contributed by atoms with Crippen LogP contribution in [-0.2, 0) is 4.74 Å². The molecule has 1 heterocycles. The SMILES string of the molecule is Cc1ccccc1C(O)CN1CCCOC(C)C1. The molecule has 3 heteroatoms. The fraction of sp³-hybridized carbons (Fsp3) is 0.600. The Bertz CT molecular complexity index is 381. The summed E-state index contributed by atoms with van der Waals surface area (Å²) in [4.78, 5) is 2.30. The van der Waals surface area contributed by atoms with Crippen LogP contribution >= 0.6 is 0 Å². The second-order valence-electron chi connectivity index (χ2n) is 5.17. The van der Waals surface area contributed by atoms with E-state index in [1.54, 1.807) is 0 Å². The molecule has 0 spiro atoms. The van der Waals surface area contributed by atoms with Crippen molar-refractivity contribution in [2.45, 2.75) is 32.5 Å². The van der Waals surface area contributed by atoms with Crippen LogP contribution in [-0.4, -0.2) is 42.4 Å². The molecule has 2 atom stereocenters. The van der Waals surface area contributed by atoms with Crippen molar-refractivity contribution in [1.29, 1.82) is 0 Å². The third kappa shape index (κ3) is 3.55. The average Bonchev–Trinajstić information content (AvgIpc) is 2.54. The summed E-state index contributed by atoms with van der Waals surface area (Å²) in [6, 6.07) is 8.05. The van der Waals surface area contributed by atoms with E-state index in [1.165, 1.54) is 0 Å². The Morgan fingerprint density at radius 3 is 3.00 bits per heavy atom. The fourth-order valence-corrected chi connectivity index (χ4v) is 2.55. The Labute approximate surface area is 109 Å². The summed E-state index contributed by atoms with van der Waals surface area (Å²) < 4.78 is 5.62. The highest BCUT2D eigenvalue weighted by Crippen LogP contribution is 2.19. The van der Waals surface area contributed by atoms with Crippen LogP contribution in [0.3, 0.4) is 0 Å². The Hall–Kier alpha value is -0.900. The number of aliphatic hydroxyl groups is 1. The van der Waals surface area contributed by atoms with Crippen LogP contribution in [0, 0.1) is 6.92 Å². The van der Waals surface area contributed by atoms with E-state index in [2.05, 4.69) is 11.8 Å². The normalized spacial score (nSPS) is 23.6. The molecule has 1 saturated heterocycles. The number of aliphatic hydroxyl groups excluding tert-OH is 1. The van der Waals surface area contributed by atoms with Crippen LogP contribution in [0.4, 0.5) is 0 Å². The summed E-state index contributed by atoms with van der Waals surface area (Å²) in [5.41, 5.74) is 2.19. The Kier molecular flexibility index (Phi) is 4.75. The number of β-amino-alcohol motifs (C(OH)–C–C–N with tert-alkyl or cyclic N) is 1. The largest absolute Gasteiger partial charge is 0.387 e. The first kappa shape index (κ1) is 13.5. The lowest BCUT2D eigenvalue weighted by Gasteiger charge is -2.25. The topological polar surface area (TPSA) is 32.7 Å². The first-order chi connectivity index (χ1) is 8.66. The summed E-state index contributed by atoms with van der Waals surface area (Å²) >= 11 is 0. The molecule has 1 aromatic carbocycles. The molecule has 1 aromatic rings. The molecule has 0 radical (unpaired) electrons. The van der Waals surface area contributed by atoms with E-state index >= 15 is 0 Å². The minimum absolute atomic E-state index is 0.261. The predicted molar refractivity (Wildman–Crippen MR) is 72.6 cm³/mol. The number of rotatable bonds is 3. The zero-order chi connectivity index (χ0) is 13.0. The smallest absolute Gasteiger partial charge is 0.0919 e. The van der Waals surface area contributed by atoms with Gasteiger partial charge in [-0.15, -0.1) is 0 Å². The van der Waals surface area contributed by atoms with Crippen LogP contribution in [0.1, 0.15) is 30.6 Å². The first-order valence-electron chi connectivity index (χ1n) is 6.74. The Morgan fingerprint density at radius 2 is 2.22 bits per heavy atom. The van der Waals surface area contributed by atoms with Gasteiger partial charge in [-0.25, -0.2) is 0 Å². The molecule has 3 nitrogen and oxygen atoms in total. The van der Waals surface area contributed by atoms with Gasteiger partial charge in [-0.05, 0) is 31.4 Å². The summed E-state index contributed by atoms with van der Waals surface area (Å²) in [6.07, 6.45) is 0.901. The molecule has 0 aliphatic carbocycles. The summed E-state index contributed by atoms with van der Waals surface area (Å²) in [7, 11) is 0. The molecule has 2 rings (SSSR count). The van der Waals surface area contributed by atoms with Gasteiger partial charge in [0.1, 0.15) is 0 Å². The highest BCUT2D eigenvalue weighted by Gasteiger charge is 2.19. The van der Waals surface area contributed by atoms with Crippen molar-refractivity contribution in [1.82, 2.24) is 4.90 Å². The molecule has 1 aliphatic rings. The van der Waals surface area contributed by atoms with Crippen LogP contribution in [0.15, 0.2) is 24.3 Å². The van der Waals surface area contributed by atoms with Gasteiger partial charge in [0.2, 0.25) is 0 Å². The molecule has 0 amide bonds. The minimum atomic E-state index is -0.406. The van der Waals surface area contributed by atoms with Crippen molar-refractivity contribution in [3.63, 3.8) is 0 Å². The standard InChI is InChI=1S/C15H23NO2/c1-12-6-3-4-7-14(12)15(17)11-16-8-5-9-18-13(2)10-16/h3-4,6-7,13,15,17H,5,8-11H2,1-2H3. The quantitative estimate of drug-likeness (QED) is 0.891. The van der Waals surface area contributed by atoms with Gasteiger partial charge in [-0.2, -0.15) is 0 Å². The average molecular weight is 249 g/mol. The van der Waals surface area contributed by atoms with Crippen molar-refractivity contribution in [2.24, 2.45) is 0 Å². The molecule has 18 heavy (non-hydrogen) atoms. The first-order valence-corrected chi connectivity index (χ1v) is 6.74. The van der Waals surface area contributed by atoms with Gasteiger partial charge in [0.25, 0.3) is 0 Å². The molecule has 1 fully saturated rings. The number of aryl methyl sites for hydroxylation is 1. The van der Waals surface area contributed by atoms with E-state index in [9.17, 15) is 5.11 Å². The van der Waals surface area contributed by atoms with Crippen LogP contribution in [0.25, 0.3) is 0 Å². The lowest BCUT2D eigenvalue weighted by molar-refractivity contribution is 0.0561. The highest BCUT2D eigenvalue weighted by atomic mass is 16.5. The van der Waals surface area contributed by atoms with Crippen molar-refractivity contribution in [3.05, 3.63) is 35.4 Å². The van der Waals surface area contributed by atoms with Crippen molar-refractivity contribution in [3.8, 4) is 0 Å². The highest BCUT2D eigenvalue weighted by molar-refractivity contribution is 5.27. The maximum Gasteiger partial charge on any atom is 0.0919 e. The molecular formula is C15H23NO2. The van der Waals surface area contributed by atoms with Gasteiger partial charge < -0.3 is 9.84 Å². The van der Waals surface area contributed by atoms with Gasteiger partial charge in [0, 0.05) is 26.2 Å². The van der Waals surface area contributed by atoms with Gasteiger partial charge in [0.05, 0.1) is 12.2 Å². The molecule has 2 unspecified atom stereocenters. The van der Waals surface area contributed by atoms with Crippen LogP contribution in [0.2, 0.25) is 0 Å². The number of nitrogens with zero attached hydrogens (tertiary/aromatic N) is 1. The molecule has 0 saturated carbocycles. The van der Waals surface area contributed by atoms with Gasteiger partial charge >= 0.3 is 0 Å². The number of ether oxygens (including phenoxy) is 1. The molecule has 0 bridgehead atoms. The van der Waals surface area contributed by atoms with E-state index in [1.807, 2.05) is 31.2 Å². The third-order valence-corrected chi connectivity index (χ3v) is 3.51. The van der Waals surface area contributed by atoms with Crippen LogP contribution in [0.5, 0.6) is 0 Å². The maximum absolute atomic E-state index is 10.3. The summed E-state index contributed by atoms with van der Waals surface area (Å²) in [6.45, 7) is 7.58. The Balaban J connectivity index is 1.98. The molecule has 1 N–H and O–H groups in total. The van der Waals surface area contributed by atoms with Crippen molar-refractivity contribution < 1.29 is 9.84 Å². The Morgan fingerprint density at radius 1 is 1.44 bits per heavy atom. The van der Waals surface area contributed by atoms with Crippen molar-refractivity contribution >= 4 is 0 Å². The summed E-state index contributed by atoms with van der Waals surface area (Å²) in [5.74, 6) is 0. The molecular weight excluding hydrogens is 226 g/mol. The molecule has 100 valence electrons. The lowest BCUT2D eigenvalue weighted by Crippen LogP contribution is -2.34. The molecule has 0 aromatic heterocycles. The van der Waals surface area contributed by atoms with Crippen LogP contribution < -0.4 is 0 Å². The lowest BCUT2D eigenvalue weighted by atomic mass is 10.0. The second-order valence-corrected chi connectivity index (χ2v) is 5.17. The predicted octanol–water partition coefficient (Wildman–Crippen LogP) is 2.14. The zero-order valence-corrected chi connectivity index (χ0v) is 11.3. The van der Waals surface area contributed by atoms with E-state index in [-0.39, 0.29) is 6.10 Å². The second kappa shape index (κ2) is 6.32. The molecule has 1 aliphatic heterocycles. The maximum atomic E-state index is 10.3. The number of hydrogen-bond acceptors (Lipinski definition) is 3. The van der Waals surface area contributed by atoms with E-state index in [0.717, 1.165) is 37.2 Å². The van der Waals surface area contributed by atoms with E-state index in [0.29, 0.717) is 6.54 Å². The minimum Gasteiger partial charge on any atom is -0.387 e. The zero-order valence-electron chi connectivity index (χ0n) is 11.3. The van der Waals surface area contributed by atoms with Crippen molar-refractivity contribution in [2.75, 3.05) is 26.2 Å². The number of benzene rings is 1. The van der Waals surface area contributed by atoms with E-state index in [4.69, 9.17) is 4.74 Å². The number of hydrogen-bond donors (Lipinski definition) is 1. The monoisotopic (exact) mass is 249 g/mol. The third-order valence-electron chi connectivity index (χ3n) is 3.51. The van der Waals surface area contributed by atoms with Gasteiger partial charge in [-0.3, -0.25) is 4.90 Å². The summed E-state index contributed by atoms with van der Waals surface area (Å²) in [5, 5.41) is 10.3. The van der Waals surface area contributed by atoms with Gasteiger partial charge in [-0.1, -0.05) is 24.3 Å². The van der Waals surface area contributed by atoms with E-state index < -0.39 is 6.10 Å².